The molecular weight excluding hydrogens is 542 g/mol. The maximum atomic E-state index is 6.75. The summed E-state index contributed by atoms with van der Waals surface area (Å²) in [7, 11) is 13.0. The number of hydrogen-bond donors (Lipinski definition) is 0. The van der Waals surface area contributed by atoms with Crippen LogP contribution in [0.3, 0.4) is 0 Å². The van der Waals surface area contributed by atoms with Gasteiger partial charge in [-0.25, -0.2) is 0 Å². The van der Waals surface area contributed by atoms with E-state index in [0.717, 1.165) is 6.42 Å². The van der Waals surface area contributed by atoms with Crippen molar-refractivity contribution >= 4 is 30.7 Å². The summed E-state index contributed by atoms with van der Waals surface area (Å²) in [6, 6.07) is 0. The minimum absolute atomic E-state index is 0.435. The summed E-state index contributed by atoms with van der Waals surface area (Å²) in [4.78, 5) is 0. The van der Waals surface area contributed by atoms with Gasteiger partial charge in [-0.2, -0.15) is 0 Å². The summed E-state index contributed by atoms with van der Waals surface area (Å²) in [6.07, 6.45) is 12.5. The molecule has 0 aromatic carbocycles. The van der Waals surface area contributed by atoms with Crippen LogP contribution in [0.2, 0.25) is 13.1 Å². The van der Waals surface area contributed by atoms with Gasteiger partial charge in [-0.1, -0.05) is 0 Å². The van der Waals surface area contributed by atoms with Gasteiger partial charge in [-0.15, -0.1) is 0 Å². The van der Waals surface area contributed by atoms with Gasteiger partial charge in [0.1, 0.15) is 0 Å². The van der Waals surface area contributed by atoms with Crippen LogP contribution in [0, 0.1) is 11.8 Å². The standard InChI is InChI=1S/C22H27Si.2ClH.Hf/c1-14(2)19-13-17-10-8-12-20(23(5)6)16(4)21(17)22(19)18-11-7-9-15(18)3;;;/h7-10,12,14,16H,11H2,1-6H3;2*1H;/q;;;+2/p-2. The van der Waals surface area contributed by atoms with E-state index in [1.807, 2.05) is 0 Å². The van der Waals surface area contributed by atoms with Crippen molar-refractivity contribution in [3.05, 3.63) is 67.1 Å². The molecule has 0 N–H and O–H groups in total. The molecule has 0 spiro atoms. The third-order valence-electron chi connectivity index (χ3n) is 5.62. The molecule has 26 heavy (non-hydrogen) atoms. The number of fused-ring (bicyclic) bond motifs is 1. The Morgan fingerprint density at radius 3 is 2.38 bits per heavy atom. The van der Waals surface area contributed by atoms with E-state index >= 15 is 0 Å². The SMILES string of the molecule is CC1=C(C2=C3C(=CC=CC(=[Si](C)C)C3C)[C]([Hf]([Cl])[Cl])=C2C(C)C)CC=C1. The van der Waals surface area contributed by atoms with E-state index in [-0.39, 0.29) is 0 Å². The molecule has 0 aliphatic heterocycles. The molecular formula is C22H27Cl2HfSi. The van der Waals surface area contributed by atoms with Gasteiger partial charge in [0.15, 0.2) is 0 Å². The third kappa shape index (κ3) is 3.52. The summed E-state index contributed by atoms with van der Waals surface area (Å²) in [5.74, 6) is 0.872. The van der Waals surface area contributed by atoms with Gasteiger partial charge in [0.25, 0.3) is 0 Å². The summed E-state index contributed by atoms with van der Waals surface area (Å²) < 4.78 is 1.34. The second-order valence-electron chi connectivity index (χ2n) is 7.88. The van der Waals surface area contributed by atoms with Gasteiger partial charge in [-0.3, -0.25) is 0 Å². The Morgan fingerprint density at radius 2 is 1.88 bits per heavy atom. The average molecular weight is 569 g/mol. The molecule has 0 nitrogen and oxygen atoms in total. The van der Waals surface area contributed by atoms with Crippen LogP contribution in [0.4, 0.5) is 0 Å². The van der Waals surface area contributed by atoms with Crippen LogP contribution in [0.25, 0.3) is 0 Å². The van der Waals surface area contributed by atoms with Crippen LogP contribution in [-0.4, -0.2) is 13.6 Å². The van der Waals surface area contributed by atoms with E-state index in [1.54, 1.807) is 5.17 Å². The molecule has 137 valence electrons. The predicted octanol–water partition coefficient (Wildman–Crippen LogP) is 7.05. The van der Waals surface area contributed by atoms with Crippen molar-refractivity contribution in [3.8, 4) is 0 Å². The molecule has 0 fully saturated rings. The first-order valence-corrected chi connectivity index (χ1v) is 22.6. The van der Waals surface area contributed by atoms with Gasteiger partial charge in [0.05, 0.1) is 0 Å². The van der Waals surface area contributed by atoms with E-state index in [1.165, 1.54) is 36.8 Å². The summed E-state index contributed by atoms with van der Waals surface area (Å²) >= 11 is -2.78. The Hall–Kier alpha value is -0.0230. The van der Waals surface area contributed by atoms with Crippen LogP contribution >= 0.6 is 17.2 Å². The molecule has 0 aromatic heterocycles. The molecule has 0 aromatic rings. The Morgan fingerprint density at radius 1 is 1.19 bits per heavy atom. The average Bonchev–Trinajstić information content (AvgIpc) is 3.06. The Labute approximate surface area is 175 Å². The minimum atomic E-state index is -2.78. The molecule has 1 unspecified atom stereocenters. The summed E-state index contributed by atoms with van der Waals surface area (Å²) in [6.45, 7) is 14.0. The number of allylic oxidation sites excluding steroid dienone is 12. The monoisotopic (exact) mass is 569 g/mol. The molecule has 0 radical (unpaired) electrons. The first kappa shape index (κ1) is 20.7. The molecule has 3 aliphatic carbocycles. The topological polar surface area (TPSA) is 0 Å². The summed E-state index contributed by atoms with van der Waals surface area (Å²) in [5.41, 5.74) is 8.65. The van der Waals surface area contributed by atoms with E-state index < -0.39 is 27.5 Å². The van der Waals surface area contributed by atoms with E-state index in [9.17, 15) is 0 Å². The van der Waals surface area contributed by atoms with Gasteiger partial charge in [0.2, 0.25) is 0 Å². The number of halogens is 2. The second kappa shape index (κ2) is 8.15. The van der Waals surface area contributed by atoms with Gasteiger partial charge >= 0.3 is 176 Å². The van der Waals surface area contributed by atoms with Crippen molar-refractivity contribution in [1.82, 2.24) is 0 Å². The van der Waals surface area contributed by atoms with Crippen molar-refractivity contribution < 1.29 is 19.1 Å². The first-order valence-electron chi connectivity index (χ1n) is 9.35. The predicted molar refractivity (Wildman–Crippen MR) is 116 cm³/mol. The second-order valence-corrected chi connectivity index (χ2v) is 21.9. The molecule has 0 bridgehead atoms. The van der Waals surface area contributed by atoms with Gasteiger partial charge < -0.3 is 0 Å². The van der Waals surface area contributed by atoms with E-state index in [2.05, 4.69) is 71.2 Å². The number of rotatable bonds is 3. The first-order chi connectivity index (χ1) is 12.3. The molecule has 0 heterocycles. The van der Waals surface area contributed by atoms with Crippen LogP contribution in [0.15, 0.2) is 67.1 Å². The molecule has 0 amide bonds. The van der Waals surface area contributed by atoms with Crippen LogP contribution in [-0.2, 0) is 19.1 Å². The van der Waals surface area contributed by atoms with Gasteiger partial charge in [-0.05, 0) is 0 Å². The van der Waals surface area contributed by atoms with Crippen molar-refractivity contribution in [2.24, 2.45) is 11.8 Å². The Bertz CT molecular complexity index is 857. The maximum absolute atomic E-state index is 6.75. The van der Waals surface area contributed by atoms with Crippen LogP contribution in [0.5, 0.6) is 0 Å². The quantitative estimate of drug-likeness (QED) is 0.320. The molecule has 1 atom stereocenters. The van der Waals surface area contributed by atoms with Crippen LogP contribution in [0.1, 0.15) is 34.1 Å². The number of hydrogen-bond acceptors (Lipinski definition) is 0. The fourth-order valence-electron chi connectivity index (χ4n) is 4.48. The van der Waals surface area contributed by atoms with Gasteiger partial charge in [0, 0.05) is 0 Å². The van der Waals surface area contributed by atoms with Crippen LogP contribution < -0.4 is 0 Å². The molecule has 0 saturated carbocycles. The summed E-state index contributed by atoms with van der Waals surface area (Å²) in [5, 5.41) is 1.60. The zero-order valence-electron chi connectivity index (χ0n) is 16.5. The van der Waals surface area contributed by atoms with Crippen molar-refractivity contribution in [2.75, 3.05) is 0 Å². The zero-order valence-corrected chi connectivity index (χ0v) is 22.6. The zero-order chi connectivity index (χ0) is 19.2. The van der Waals surface area contributed by atoms with Crippen molar-refractivity contribution in [2.45, 2.75) is 47.2 Å². The Kier molecular flexibility index (Phi) is 6.49. The molecule has 4 heteroatoms. The van der Waals surface area contributed by atoms with E-state index in [0.29, 0.717) is 11.8 Å². The Balaban J connectivity index is 2.37. The molecule has 3 rings (SSSR count). The van der Waals surface area contributed by atoms with E-state index in [4.69, 9.17) is 17.2 Å². The fraction of sp³-hybridized carbons (Fsp3) is 0.409. The third-order valence-corrected chi connectivity index (χ3v) is 13.8. The fourth-order valence-corrected chi connectivity index (χ4v) is 13.0. The van der Waals surface area contributed by atoms with Crippen molar-refractivity contribution in [1.29, 1.82) is 0 Å². The normalized spacial score (nSPS) is 22.6. The molecule has 3 aliphatic rings. The molecule has 0 saturated heterocycles. The van der Waals surface area contributed by atoms with Crippen molar-refractivity contribution in [3.63, 3.8) is 0 Å².